The van der Waals surface area contributed by atoms with Gasteiger partial charge in [0.15, 0.2) is 0 Å². The van der Waals surface area contributed by atoms with Crippen molar-refractivity contribution in [1.29, 1.82) is 0 Å². The van der Waals surface area contributed by atoms with Gasteiger partial charge in [0.2, 0.25) is 0 Å². The van der Waals surface area contributed by atoms with E-state index in [1.54, 1.807) is 25.1 Å². The number of nitrogens with one attached hydrogen (secondary N) is 1. The van der Waals surface area contributed by atoms with Gasteiger partial charge >= 0.3 is 0 Å². The molecule has 0 saturated carbocycles. The van der Waals surface area contributed by atoms with E-state index in [-0.39, 0.29) is 12.1 Å². The molecular formula is C16H14FN3O. The number of aromatic nitrogens is 1. The Bertz CT molecular complexity index is 732. The summed E-state index contributed by atoms with van der Waals surface area (Å²) >= 11 is 0. The van der Waals surface area contributed by atoms with Crippen LogP contribution in [0.5, 0.6) is 0 Å². The van der Waals surface area contributed by atoms with Crippen LogP contribution in [0.15, 0.2) is 36.5 Å². The zero-order valence-electron chi connectivity index (χ0n) is 11.5. The third-order valence-corrected chi connectivity index (χ3v) is 2.70. The number of amides is 1. The molecule has 5 heteroatoms. The summed E-state index contributed by atoms with van der Waals surface area (Å²) in [6.45, 7) is 2.04. The van der Waals surface area contributed by atoms with Crippen LogP contribution in [-0.2, 0) is 0 Å². The molecule has 1 amide bonds. The van der Waals surface area contributed by atoms with Crippen LogP contribution in [0.1, 0.15) is 21.5 Å². The van der Waals surface area contributed by atoms with Gasteiger partial charge in [0.1, 0.15) is 11.6 Å². The number of anilines is 1. The first-order valence-corrected chi connectivity index (χ1v) is 6.32. The highest BCUT2D eigenvalue weighted by Crippen LogP contribution is 2.13. The smallest absolute Gasteiger partial charge is 0.259 e. The molecule has 0 radical (unpaired) electrons. The van der Waals surface area contributed by atoms with Crippen LogP contribution in [-0.4, -0.2) is 17.4 Å². The van der Waals surface area contributed by atoms with E-state index in [9.17, 15) is 9.18 Å². The van der Waals surface area contributed by atoms with E-state index < -0.39 is 11.7 Å². The van der Waals surface area contributed by atoms with E-state index in [4.69, 9.17) is 5.73 Å². The first kappa shape index (κ1) is 14.7. The maximum Gasteiger partial charge on any atom is 0.259 e. The Balaban J connectivity index is 2.21. The van der Waals surface area contributed by atoms with E-state index in [1.165, 1.54) is 18.3 Å². The zero-order valence-corrected chi connectivity index (χ0v) is 11.5. The molecule has 0 spiro atoms. The molecule has 1 heterocycles. The largest absolute Gasteiger partial charge is 0.320 e. The Labute approximate surface area is 122 Å². The number of nitrogens with zero attached hydrogens (tertiary/aromatic N) is 1. The minimum atomic E-state index is -0.572. The van der Waals surface area contributed by atoms with Gasteiger partial charge in [-0.1, -0.05) is 23.5 Å². The van der Waals surface area contributed by atoms with Crippen LogP contribution in [0.25, 0.3) is 0 Å². The Hall–Kier alpha value is -2.71. The van der Waals surface area contributed by atoms with Crippen molar-refractivity contribution in [3.8, 4) is 11.8 Å². The molecule has 0 unspecified atom stereocenters. The molecule has 2 aromatic rings. The fourth-order valence-electron chi connectivity index (χ4n) is 1.73. The molecule has 0 bridgehead atoms. The minimum absolute atomic E-state index is 0.0183. The Morgan fingerprint density at radius 1 is 1.38 bits per heavy atom. The Morgan fingerprint density at radius 2 is 2.19 bits per heavy atom. The van der Waals surface area contributed by atoms with Gasteiger partial charge < -0.3 is 11.1 Å². The van der Waals surface area contributed by atoms with E-state index in [0.29, 0.717) is 11.4 Å². The minimum Gasteiger partial charge on any atom is -0.320 e. The Morgan fingerprint density at radius 3 is 2.95 bits per heavy atom. The average molecular weight is 283 g/mol. The van der Waals surface area contributed by atoms with Crippen molar-refractivity contribution in [2.75, 3.05) is 11.9 Å². The van der Waals surface area contributed by atoms with E-state index >= 15 is 0 Å². The molecule has 106 valence electrons. The molecule has 1 aromatic heterocycles. The van der Waals surface area contributed by atoms with Crippen molar-refractivity contribution in [2.45, 2.75) is 6.92 Å². The molecule has 0 aliphatic rings. The quantitative estimate of drug-likeness (QED) is 0.829. The highest BCUT2D eigenvalue weighted by Gasteiger charge is 2.12. The van der Waals surface area contributed by atoms with Crippen LogP contribution in [0.3, 0.4) is 0 Å². The lowest BCUT2D eigenvalue weighted by atomic mass is 10.1. The third-order valence-electron chi connectivity index (χ3n) is 2.70. The number of rotatable bonds is 2. The zero-order chi connectivity index (χ0) is 15.2. The highest BCUT2D eigenvalue weighted by molar-refractivity contribution is 6.04. The molecule has 1 aromatic carbocycles. The second-order valence-corrected chi connectivity index (χ2v) is 4.37. The number of carbonyl (C=O) groups excluding carboxylic acids is 1. The molecule has 21 heavy (non-hydrogen) atoms. The van der Waals surface area contributed by atoms with Crippen LogP contribution < -0.4 is 11.1 Å². The van der Waals surface area contributed by atoms with Gasteiger partial charge in [-0.2, -0.15) is 0 Å². The summed E-state index contributed by atoms with van der Waals surface area (Å²) in [5.41, 5.74) is 6.76. The normalized spacial score (nSPS) is 9.67. The number of hydrogen-bond acceptors (Lipinski definition) is 3. The SMILES string of the molecule is Cc1ccc(F)c(C(=O)Nc2cc(C#CCN)ccn2)c1. The summed E-state index contributed by atoms with van der Waals surface area (Å²) in [5, 5.41) is 2.55. The van der Waals surface area contributed by atoms with Crippen molar-refractivity contribution in [3.05, 3.63) is 59.0 Å². The third kappa shape index (κ3) is 3.88. The van der Waals surface area contributed by atoms with Gasteiger partial charge in [-0.15, -0.1) is 0 Å². The van der Waals surface area contributed by atoms with E-state index in [0.717, 1.165) is 5.56 Å². The number of aryl methyl sites for hydroxylation is 1. The van der Waals surface area contributed by atoms with Crippen LogP contribution >= 0.6 is 0 Å². The number of nitrogens with two attached hydrogens (primary N) is 1. The number of benzene rings is 1. The topological polar surface area (TPSA) is 68.0 Å². The molecule has 0 aliphatic carbocycles. The van der Waals surface area contributed by atoms with Gasteiger partial charge in [-0.25, -0.2) is 9.37 Å². The lowest BCUT2D eigenvalue weighted by Crippen LogP contribution is -2.15. The second kappa shape index (κ2) is 6.64. The fraction of sp³-hybridized carbons (Fsp3) is 0.125. The van der Waals surface area contributed by atoms with Gasteiger partial charge in [-0.05, 0) is 31.2 Å². The number of hydrogen-bond donors (Lipinski definition) is 2. The van der Waals surface area contributed by atoms with Crippen molar-refractivity contribution in [3.63, 3.8) is 0 Å². The molecular weight excluding hydrogens is 269 g/mol. The fourth-order valence-corrected chi connectivity index (χ4v) is 1.73. The number of carbonyl (C=O) groups is 1. The molecule has 0 fully saturated rings. The monoisotopic (exact) mass is 283 g/mol. The van der Waals surface area contributed by atoms with Crippen LogP contribution in [0.4, 0.5) is 10.2 Å². The molecule has 0 atom stereocenters. The first-order valence-electron chi connectivity index (χ1n) is 6.32. The second-order valence-electron chi connectivity index (χ2n) is 4.37. The molecule has 4 nitrogen and oxygen atoms in total. The summed E-state index contributed by atoms with van der Waals surface area (Å²) < 4.78 is 13.7. The predicted molar refractivity (Wildman–Crippen MR) is 79.3 cm³/mol. The molecule has 0 aliphatic heterocycles. The lowest BCUT2D eigenvalue weighted by Gasteiger charge is -2.06. The highest BCUT2D eigenvalue weighted by atomic mass is 19.1. The predicted octanol–water partition coefficient (Wildman–Crippen LogP) is 2.09. The van der Waals surface area contributed by atoms with Gasteiger partial charge in [0, 0.05) is 11.8 Å². The number of pyridine rings is 1. The lowest BCUT2D eigenvalue weighted by molar-refractivity contribution is 0.102. The molecule has 2 rings (SSSR count). The standard InChI is InChI=1S/C16H14FN3O/c1-11-4-5-14(17)13(9-11)16(21)20-15-10-12(3-2-7-18)6-8-19-15/h4-6,8-10H,7,18H2,1H3,(H,19,20,21). The van der Waals surface area contributed by atoms with Crippen molar-refractivity contribution >= 4 is 11.7 Å². The summed E-state index contributed by atoms with van der Waals surface area (Å²) in [6, 6.07) is 7.66. The average Bonchev–Trinajstić information content (AvgIpc) is 2.48. The Kier molecular flexibility index (Phi) is 4.64. The van der Waals surface area contributed by atoms with Gasteiger partial charge in [-0.3, -0.25) is 4.79 Å². The maximum absolute atomic E-state index is 13.7. The maximum atomic E-state index is 13.7. The van der Waals surface area contributed by atoms with Crippen molar-refractivity contribution < 1.29 is 9.18 Å². The van der Waals surface area contributed by atoms with Crippen LogP contribution in [0.2, 0.25) is 0 Å². The summed E-state index contributed by atoms with van der Waals surface area (Å²) in [6.07, 6.45) is 1.52. The molecule has 0 saturated heterocycles. The van der Waals surface area contributed by atoms with Crippen molar-refractivity contribution in [2.24, 2.45) is 5.73 Å². The van der Waals surface area contributed by atoms with Gasteiger partial charge in [0.05, 0.1) is 12.1 Å². The van der Waals surface area contributed by atoms with E-state index in [1.807, 2.05) is 0 Å². The summed E-state index contributed by atoms with van der Waals surface area (Å²) in [5.74, 6) is 4.74. The van der Waals surface area contributed by atoms with E-state index in [2.05, 4.69) is 22.1 Å². The summed E-state index contributed by atoms with van der Waals surface area (Å²) in [7, 11) is 0. The molecule has 3 N–H and O–H groups in total. The van der Waals surface area contributed by atoms with Crippen molar-refractivity contribution in [1.82, 2.24) is 4.98 Å². The first-order chi connectivity index (χ1) is 10.1. The summed E-state index contributed by atoms with van der Waals surface area (Å²) in [4.78, 5) is 16.1. The van der Waals surface area contributed by atoms with Crippen LogP contribution in [0, 0.1) is 24.6 Å². The number of halogens is 1. The van der Waals surface area contributed by atoms with Gasteiger partial charge in [0.25, 0.3) is 5.91 Å².